The first kappa shape index (κ1) is 21.3. The summed E-state index contributed by atoms with van der Waals surface area (Å²) in [6.07, 6.45) is 0.545. The van der Waals surface area contributed by atoms with Crippen molar-refractivity contribution in [2.45, 2.75) is 32.7 Å². The second kappa shape index (κ2) is 10.3. The van der Waals surface area contributed by atoms with Crippen molar-refractivity contribution in [2.24, 2.45) is 0 Å². The number of methoxy groups -OCH3 is 2. The first-order valence-electron chi connectivity index (χ1n) is 8.27. The van der Waals surface area contributed by atoms with E-state index >= 15 is 0 Å². The van der Waals surface area contributed by atoms with Crippen molar-refractivity contribution in [1.29, 1.82) is 0 Å². The molecule has 1 aromatic rings. The number of aliphatic carboxylic acids is 1. The van der Waals surface area contributed by atoms with Crippen LogP contribution in [0.3, 0.4) is 0 Å². The molecule has 8 heteroatoms. The lowest BCUT2D eigenvalue weighted by molar-refractivity contribution is -0.149. The standard InChI is InChI=1S/C18H26N2O6/c1-12(18(23)24)20(8-7-19-13(2)21)17(22)6-5-14-9-15(25-3)11-16(10-14)26-4/h9-12H,5-8H2,1-4H3,(H,19,21)(H,23,24). The van der Waals surface area contributed by atoms with Crippen molar-refractivity contribution in [3.63, 3.8) is 0 Å². The SMILES string of the molecule is COc1cc(CCC(=O)N(CCNC(C)=O)C(C)C(=O)O)cc(OC)c1. The second-order valence-electron chi connectivity index (χ2n) is 5.81. The Labute approximate surface area is 153 Å². The van der Waals surface area contributed by atoms with E-state index in [4.69, 9.17) is 9.47 Å². The molecule has 0 aliphatic carbocycles. The Bertz CT molecular complexity index is 624. The molecule has 1 rings (SSSR count). The third-order valence-corrected chi connectivity index (χ3v) is 3.91. The van der Waals surface area contributed by atoms with Crippen LogP contribution in [0.2, 0.25) is 0 Å². The zero-order valence-corrected chi connectivity index (χ0v) is 15.6. The summed E-state index contributed by atoms with van der Waals surface area (Å²) in [5.74, 6) is -0.387. The number of nitrogens with zero attached hydrogens (tertiary/aromatic N) is 1. The molecular formula is C18H26N2O6. The summed E-state index contributed by atoms with van der Waals surface area (Å²) in [5, 5.41) is 11.8. The summed E-state index contributed by atoms with van der Waals surface area (Å²) in [5.41, 5.74) is 0.847. The molecule has 0 saturated heterocycles. The lowest BCUT2D eigenvalue weighted by Crippen LogP contribution is -2.46. The van der Waals surface area contributed by atoms with Gasteiger partial charge in [0.15, 0.2) is 0 Å². The Hall–Kier alpha value is -2.77. The quantitative estimate of drug-likeness (QED) is 0.642. The maximum atomic E-state index is 12.5. The second-order valence-corrected chi connectivity index (χ2v) is 5.81. The van der Waals surface area contributed by atoms with Gasteiger partial charge in [0, 0.05) is 32.5 Å². The van der Waals surface area contributed by atoms with Crippen LogP contribution >= 0.6 is 0 Å². The molecule has 26 heavy (non-hydrogen) atoms. The lowest BCUT2D eigenvalue weighted by Gasteiger charge is -2.26. The zero-order chi connectivity index (χ0) is 19.7. The van der Waals surface area contributed by atoms with Gasteiger partial charge in [0.05, 0.1) is 14.2 Å². The van der Waals surface area contributed by atoms with Gasteiger partial charge < -0.3 is 24.8 Å². The number of carbonyl (C=O) groups excluding carboxylic acids is 2. The van der Waals surface area contributed by atoms with Crippen LogP contribution in [-0.4, -0.2) is 61.1 Å². The Morgan fingerprint density at radius 1 is 1.15 bits per heavy atom. The normalized spacial score (nSPS) is 11.4. The first-order valence-corrected chi connectivity index (χ1v) is 8.27. The number of hydrogen-bond donors (Lipinski definition) is 2. The smallest absolute Gasteiger partial charge is 0.326 e. The van der Waals surface area contributed by atoms with Crippen molar-refractivity contribution >= 4 is 17.8 Å². The van der Waals surface area contributed by atoms with Gasteiger partial charge >= 0.3 is 5.97 Å². The van der Waals surface area contributed by atoms with Gasteiger partial charge in [-0.3, -0.25) is 9.59 Å². The number of rotatable bonds is 10. The molecule has 0 radical (unpaired) electrons. The van der Waals surface area contributed by atoms with Gasteiger partial charge in [-0.15, -0.1) is 0 Å². The van der Waals surface area contributed by atoms with Crippen molar-refractivity contribution in [3.05, 3.63) is 23.8 Å². The van der Waals surface area contributed by atoms with E-state index in [0.717, 1.165) is 5.56 Å². The molecule has 0 aromatic heterocycles. The van der Waals surface area contributed by atoms with Crippen LogP contribution in [0.4, 0.5) is 0 Å². The van der Waals surface area contributed by atoms with Gasteiger partial charge in [0.25, 0.3) is 0 Å². The minimum atomic E-state index is -1.09. The van der Waals surface area contributed by atoms with E-state index < -0.39 is 12.0 Å². The highest BCUT2D eigenvalue weighted by Crippen LogP contribution is 2.23. The average molecular weight is 366 g/mol. The average Bonchev–Trinajstić information content (AvgIpc) is 2.62. The highest BCUT2D eigenvalue weighted by Gasteiger charge is 2.25. The predicted molar refractivity (Wildman–Crippen MR) is 95.4 cm³/mol. The zero-order valence-electron chi connectivity index (χ0n) is 15.6. The Balaban J connectivity index is 2.79. The Kier molecular flexibility index (Phi) is 8.41. The summed E-state index contributed by atoms with van der Waals surface area (Å²) in [6.45, 7) is 3.14. The van der Waals surface area contributed by atoms with E-state index in [-0.39, 0.29) is 31.3 Å². The van der Waals surface area contributed by atoms with Crippen LogP contribution < -0.4 is 14.8 Å². The summed E-state index contributed by atoms with van der Waals surface area (Å²) < 4.78 is 10.4. The molecule has 0 heterocycles. The van der Waals surface area contributed by atoms with E-state index in [1.54, 1.807) is 32.4 Å². The van der Waals surface area contributed by atoms with Gasteiger partial charge in [-0.25, -0.2) is 4.79 Å². The molecular weight excluding hydrogens is 340 g/mol. The summed E-state index contributed by atoms with van der Waals surface area (Å²) >= 11 is 0. The van der Waals surface area contributed by atoms with Gasteiger partial charge in [-0.1, -0.05) is 0 Å². The van der Waals surface area contributed by atoms with E-state index in [0.29, 0.717) is 17.9 Å². The fourth-order valence-corrected chi connectivity index (χ4v) is 2.43. The number of hydrogen-bond acceptors (Lipinski definition) is 5. The summed E-state index contributed by atoms with van der Waals surface area (Å²) in [7, 11) is 3.09. The molecule has 2 N–H and O–H groups in total. The topological polar surface area (TPSA) is 105 Å². The number of carboxylic acids is 1. The minimum Gasteiger partial charge on any atom is -0.497 e. The van der Waals surface area contributed by atoms with Gasteiger partial charge in [-0.2, -0.15) is 0 Å². The monoisotopic (exact) mass is 366 g/mol. The van der Waals surface area contributed by atoms with Crippen LogP contribution in [0.25, 0.3) is 0 Å². The van der Waals surface area contributed by atoms with Crippen LogP contribution in [0, 0.1) is 0 Å². The number of nitrogens with one attached hydrogen (secondary N) is 1. The molecule has 8 nitrogen and oxygen atoms in total. The lowest BCUT2D eigenvalue weighted by atomic mass is 10.1. The van der Waals surface area contributed by atoms with E-state index in [9.17, 15) is 19.5 Å². The first-order chi connectivity index (χ1) is 12.3. The number of carbonyl (C=O) groups is 3. The number of ether oxygens (including phenoxy) is 2. The number of aryl methyl sites for hydroxylation is 1. The van der Waals surface area contributed by atoms with E-state index in [1.165, 1.54) is 18.7 Å². The van der Waals surface area contributed by atoms with Crippen molar-refractivity contribution in [1.82, 2.24) is 10.2 Å². The Morgan fingerprint density at radius 3 is 2.19 bits per heavy atom. The largest absolute Gasteiger partial charge is 0.497 e. The number of benzene rings is 1. The maximum Gasteiger partial charge on any atom is 0.326 e. The molecule has 0 saturated carbocycles. The fraction of sp³-hybridized carbons (Fsp3) is 0.500. The van der Waals surface area contributed by atoms with Crippen LogP contribution in [0.5, 0.6) is 11.5 Å². The van der Waals surface area contributed by atoms with Crippen LogP contribution in [0.1, 0.15) is 25.8 Å². The molecule has 1 atom stereocenters. The van der Waals surface area contributed by atoms with Crippen molar-refractivity contribution in [2.75, 3.05) is 27.3 Å². The molecule has 0 aliphatic rings. The maximum absolute atomic E-state index is 12.5. The van der Waals surface area contributed by atoms with Crippen molar-refractivity contribution < 1.29 is 29.0 Å². The van der Waals surface area contributed by atoms with E-state index in [1.807, 2.05) is 0 Å². The summed E-state index contributed by atoms with van der Waals surface area (Å²) in [6, 6.07) is 4.37. The highest BCUT2D eigenvalue weighted by atomic mass is 16.5. The molecule has 1 aromatic carbocycles. The molecule has 1 unspecified atom stereocenters. The van der Waals surface area contributed by atoms with Gasteiger partial charge in [-0.05, 0) is 31.0 Å². The molecule has 144 valence electrons. The molecule has 2 amide bonds. The number of amides is 2. The number of carboxylic acid groups (broad SMARTS) is 1. The van der Waals surface area contributed by atoms with E-state index in [2.05, 4.69) is 5.32 Å². The summed E-state index contributed by atoms with van der Waals surface area (Å²) in [4.78, 5) is 36.0. The highest BCUT2D eigenvalue weighted by molar-refractivity contribution is 5.83. The minimum absolute atomic E-state index is 0.132. The van der Waals surface area contributed by atoms with Crippen molar-refractivity contribution in [3.8, 4) is 11.5 Å². The van der Waals surface area contributed by atoms with Crippen LogP contribution in [-0.2, 0) is 20.8 Å². The third kappa shape index (κ3) is 6.62. The van der Waals surface area contributed by atoms with Gasteiger partial charge in [0.1, 0.15) is 17.5 Å². The molecule has 0 spiro atoms. The van der Waals surface area contributed by atoms with Gasteiger partial charge in [0.2, 0.25) is 11.8 Å². The molecule has 0 aliphatic heterocycles. The third-order valence-electron chi connectivity index (χ3n) is 3.91. The van der Waals surface area contributed by atoms with Crippen LogP contribution in [0.15, 0.2) is 18.2 Å². The molecule has 0 fully saturated rings. The fourth-order valence-electron chi connectivity index (χ4n) is 2.43. The Morgan fingerprint density at radius 2 is 1.73 bits per heavy atom. The molecule has 0 bridgehead atoms. The predicted octanol–water partition coefficient (Wildman–Crippen LogP) is 1.07.